The minimum atomic E-state index is -6.13. The van der Waals surface area contributed by atoms with Crippen LogP contribution in [0.4, 0.5) is 105 Å². The number of nitrogens with zero attached hydrogens (tertiary/aromatic N) is 1. The summed E-state index contributed by atoms with van der Waals surface area (Å²) < 4.78 is 347. The van der Waals surface area contributed by atoms with Crippen LogP contribution in [0.3, 0.4) is 0 Å². The van der Waals surface area contributed by atoms with Crippen molar-refractivity contribution in [1.82, 2.24) is 0 Å². The second-order valence-corrected chi connectivity index (χ2v) is 36.1. The molecular formula is C88H84BF24IrNOP-. The zero-order chi connectivity index (χ0) is 86.3. The molecule has 2 nitrogen and oxygen atoms in total. The Bertz CT molecular complexity index is 4350. The fraction of sp³-hybridized carbons (Fsp3) is 0.398. The Morgan fingerprint density at radius 3 is 0.829 bits per heavy atom. The first-order valence-electron chi connectivity index (χ1n) is 37.2. The third kappa shape index (κ3) is 20.8. The maximum atomic E-state index is 14.2. The minimum Gasteiger partial charge on any atom is -0.476 e. The number of halogens is 24. The van der Waals surface area contributed by atoms with Gasteiger partial charge >= 0.3 is 49.4 Å². The molecule has 0 amide bonds. The Labute approximate surface area is 679 Å². The molecule has 1 saturated carbocycles. The molecule has 1 fully saturated rings. The van der Waals surface area contributed by atoms with E-state index in [2.05, 4.69) is 182 Å². The molecule has 1 atom stereocenters. The molecule has 0 saturated heterocycles. The molecule has 4 aliphatic rings. The zero-order valence-electron chi connectivity index (χ0n) is 65.5. The van der Waals surface area contributed by atoms with Crippen molar-refractivity contribution in [3.05, 3.63) is 266 Å². The molecule has 0 bridgehead atoms. The van der Waals surface area contributed by atoms with Gasteiger partial charge in [-0.25, -0.2) is 4.99 Å². The molecule has 1 heterocycles. The minimum absolute atomic E-state index is 0. The van der Waals surface area contributed by atoms with Gasteiger partial charge in [-0.1, -0.05) is 198 Å². The second kappa shape index (κ2) is 33.3. The topological polar surface area (TPSA) is 21.6 Å². The molecule has 29 heteroatoms. The molecule has 8 aromatic rings. The van der Waals surface area contributed by atoms with E-state index in [4.69, 9.17) is 9.73 Å². The summed E-state index contributed by atoms with van der Waals surface area (Å²) in [5.74, 6) is 0.849. The van der Waals surface area contributed by atoms with E-state index in [-0.39, 0.29) is 47.2 Å². The van der Waals surface area contributed by atoms with Crippen molar-refractivity contribution in [2.24, 2.45) is 4.99 Å². The number of rotatable bonds is 8. The van der Waals surface area contributed by atoms with Crippen LogP contribution in [-0.2, 0) is 114 Å². The predicted octanol–water partition coefficient (Wildman–Crippen LogP) is 24.2. The summed E-state index contributed by atoms with van der Waals surface area (Å²) in [4.78, 5) is 4.88. The van der Waals surface area contributed by atoms with Crippen molar-refractivity contribution < 1.29 is 130 Å². The summed E-state index contributed by atoms with van der Waals surface area (Å²) >= 11 is 0. The standard InChI is InChI=1S/C48H60NOP.C32H12BF24.C8H12.Ir/c1-44(2,3)33-25-34(45(4,5)6)28-37(27-33)51(38-29-35(46(7,8)9)26-36(30-38)47(10,11)12)40-18-14-16-32-20-22-48(42(32)40)21-19-31-15-13-17-39(41(31)48)43-49-23-24-50-43;34-25(35,36)13-1-14(26(37,38)39)6-21(5-13)33(22-7-15(27(40,41)42)2-16(8-22)28(43,44)45,23-9-17(29(46,47)48)3-18(10-23)30(49,50)51)24-11-19(31(52,53)54)4-20(12-24)32(55,56)57;1-2-4-6-8-7-5-3-1;/h13-18,25-30H,19-24H2,1-12H3;1-12H;1-2,7-8H,3-6H2;/q;-1;;. The molecule has 633 valence electrons. The van der Waals surface area contributed by atoms with Gasteiger partial charge in [-0.15, -0.1) is 0 Å². The summed E-state index contributed by atoms with van der Waals surface area (Å²) in [6, 6.07) is 20.7. The van der Waals surface area contributed by atoms with Gasteiger partial charge in [0.15, 0.2) is 0 Å². The fourth-order valence-electron chi connectivity index (χ4n) is 15.6. The van der Waals surface area contributed by atoms with Crippen LogP contribution in [-0.4, -0.2) is 25.2 Å². The van der Waals surface area contributed by atoms with Gasteiger partial charge in [-0.05, 0) is 197 Å². The smallest absolute Gasteiger partial charge is 0.416 e. The number of fused-ring (bicyclic) bond motifs is 4. The first kappa shape index (κ1) is 93.6. The van der Waals surface area contributed by atoms with Crippen LogP contribution in [0.15, 0.2) is 151 Å². The van der Waals surface area contributed by atoms with Gasteiger partial charge in [0.1, 0.15) is 12.8 Å². The second-order valence-electron chi connectivity index (χ2n) is 34.0. The maximum Gasteiger partial charge on any atom is 0.416 e. The van der Waals surface area contributed by atoms with Gasteiger partial charge in [-0.2, -0.15) is 127 Å². The number of hydrogen-bond donors (Lipinski definition) is 0. The molecular weight excluding hydrogens is 1780 g/mol. The van der Waals surface area contributed by atoms with Gasteiger partial charge in [0, 0.05) is 31.1 Å². The molecule has 12 rings (SSSR count). The molecule has 1 spiro atoms. The molecule has 5 radical (unpaired) electrons. The van der Waals surface area contributed by atoms with Crippen LogP contribution in [0.5, 0.6) is 0 Å². The third-order valence-corrected chi connectivity index (χ3v) is 23.9. The van der Waals surface area contributed by atoms with Crippen molar-refractivity contribution in [3.63, 3.8) is 0 Å². The van der Waals surface area contributed by atoms with Gasteiger partial charge in [0.2, 0.25) is 5.90 Å². The van der Waals surface area contributed by atoms with E-state index in [1.54, 1.807) is 5.56 Å². The first-order valence-corrected chi connectivity index (χ1v) is 38.6. The van der Waals surface area contributed by atoms with E-state index < -0.39 is 203 Å². The van der Waals surface area contributed by atoms with Crippen molar-refractivity contribution in [3.8, 4) is 0 Å². The van der Waals surface area contributed by atoms with Gasteiger partial charge in [0.25, 0.3) is 0 Å². The Hall–Kier alpha value is -7.31. The van der Waals surface area contributed by atoms with Crippen molar-refractivity contribution in [1.29, 1.82) is 0 Å². The normalized spacial score (nSPS) is 16.9. The van der Waals surface area contributed by atoms with E-state index in [1.807, 2.05) is 0 Å². The van der Waals surface area contributed by atoms with Crippen LogP contribution in [0.25, 0.3) is 0 Å². The third-order valence-electron chi connectivity index (χ3n) is 21.5. The van der Waals surface area contributed by atoms with Crippen LogP contribution >= 0.6 is 7.92 Å². The molecule has 0 N–H and O–H groups in total. The number of aryl methyl sites for hydroxylation is 2. The molecule has 8 aromatic carbocycles. The summed E-state index contributed by atoms with van der Waals surface area (Å²) in [5, 5.41) is 4.48. The Balaban J connectivity index is 0.000000242. The fourth-order valence-corrected chi connectivity index (χ4v) is 18.3. The van der Waals surface area contributed by atoms with Crippen LogP contribution < -0.4 is 37.8 Å². The van der Waals surface area contributed by atoms with E-state index in [0.29, 0.717) is 6.61 Å². The molecule has 1 aliphatic heterocycles. The van der Waals surface area contributed by atoms with E-state index >= 15 is 0 Å². The average Bonchev–Trinajstić information content (AvgIpc) is 1.55. The maximum absolute atomic E-state index is 14.2. The molecule has 117 heavy (non-hydrogen) atoms. The van der Waals surface area contributed by atoms with E-state index in [0.717, 1.165) is 38.1 Å². The largest absolute Gasteiger partial charge is 0.476 e. The van der Waals surface area contributed by atoms with Crippen molar-refractivity contribution in [2.75, 3.05) is 13.2 Å². The monoisotopic (exact) mass is 1860 g/mol. The van der Waals surface area contributed by atoms with E-state index in [9.17, 15) is 105 Å². The average molecular weight is 1860 g/mol. The SMILES string of the molecule is CC(C)(C)c1cc(P(c2cc(C(C)(C)C)cc(C(C)(C)C)c2)c2cccc3c2C2(CCc4cccc(C5=NCCO5)c42)CC3)cc(C(C)(C)C)c1.FC(F)(F)c1cc([B-](c2cc(C(F)(F)F)cc(C(F)(F)F)c2)(c2cc(C(F)(F)F)cc(C(F)(F)F)c2)c2cc(C(F)(F)F)cc(C(F)(F)F)c2)cc(C(F)(F)F)c1.[CH]1[CH]CC[CH][CH]CC1.[Ir]. The molecule has 1 unspecified atom stereocenters. The number of ether oxygens (including phenoxy) is 1. The van der Waals surface area contributed by atoms with Gasteiger partial charge in [-0.3, -0.25) is 0 Å². The summed E-state index contributed by atoms with van der Waals surface area (Å²) in [7, 11) is -0.915. The number of benzene rings is 8. The summed E-state index contributed by atoms with van der Waals surface area (Å²) in [5.41, 5.74) is -17.1. The Morgan fingerprint density at radius 2 is 0.581 bits per heavy atom. The quantitative estimate of drug-likeness (QED) is 0.0844. The number of aliphatic imine (C=N–C) groups is 1. The summed E-state index contributed by atoms with van der Waals surface area (Å²) in [6.45, 7) is 29.9. The predicted molar refractivity (Wildman–Crippen MR) is 407 cm³/mol. The van der Waals surface area contributed by atoms with Crippen molar-refractivity contribution >= 4 is 57.7 Å². The number of hydrogen-bond acceptors (Lipinski definition) is 2. The van der Waals surface area contributed by atoms with Crippen LogP contribution in [0, 0.1) is 25.7 Å². The Morgan fingerprint density at radius 1 is 0.325 bits per heavy atom. The van der Waals surface area contributed by atoms with Crippen LogP contribution in [0.1, 0.15) is 216 Å². The Kier molecular flexibility index (Phi) is 26.6. The van der Waals surface area contributed by atoms with Crippen LogP contribution in [0.2, 0.25) is 0 Å². The van der Waals surface area contributed by atoms with Gasteiger partial charge in [0.05, 0.1) is 51.1 Å². The number of alkyl halides is 24. The molecule has 3 aliphatic carbocycles. The van der Waals surface area contributed by atoms with Gasteiger partial charge < -0.3 is 4.74 Å². The first-order chi connectivity index (χ1) is 53.0. The van der Waals surface area contributed by atoms with E-state index in [1.165, 1.54) is 86.1 Å². The summed E-state index contributed by atoms with van der Waals surface area (Å²) in [6.07, 6.45) is -36.3. The zero-order valence-corrected chi connectivity index (χ0v) is 68.8. The molecule has 0 aromatic heterocycles. The van der Waals surface area contributed by atoms with Crippen molar-refractivity contribution in [2.45, 2.75) is 211 Å².